The van der Waals surface area contributed by atoms with Gasteiger partial charge in [0.25, 0.3) is 0 Å². The molecule has 0 unspecified atom stereocenters. The Morgan fingerprint density at radius 3 is 2.29 bits per heavy atom. The van der Waals surface area contributed by atoms with Crippen molar-refractivity contribution < 1.29 is 17.0 Å². The lowest BCUT2D eigenvalue weighted by molar-refractivity contribution is -0.401. The van der Waals surface area contributed by atoms with Crippen molar-refractivity contribution >= 4 is 58.0 Å². The van der Waals surface area contributed by atoms with Gasteiger partial charge in [-0.2, -0.15) is 4.58 Å². The number of halogens is 1. The first kappa shape index (κ1) is 37.1. The van der Waals surface area contributed by atoms with Crippen molar-refractivity contribution in [3.63, 3.8) is 0 Å². The minimum atomic E-state index is -0.0710. The van der Waals surface area contributed by atoms with E-state index in [0.717, 1.165) is 39.3 Å². The lowest BCUT2D eigenvalue weighted by atomic mass is 9.81. The topological polar surface area (TPSA) is 32.0 Å². The molecular weight excluding hydrogens is 704 g/mol. The van der Waals surface area contributed by atoms with Gasteiger partial charge in [0.1, 0.15) is 7.05 Å². The zero-order valence-electron chi connectivity index (χ0n) is 30.2. The van der Waals surface area contributed by atoms with Crippen molar-refractivity contribution in [3.8, 4) is 0 Å². The highest BCUT2D eigenvalue weighted by Crippen LogP contribution is 2.48. The van der Waals surface area contributed by atoms with Gasteiger partial charge in [-0.15, -0.1) is 10.2 Å². The summed E-state index contributed by atoms with van der Waals surface area (Å²) >= 11 is 5.23. The van der Waals surface area contributed by atoms with Crippen molar-refractivity contribution in [2.24, 2.45) is 0 Å². The van der Waals surface area contributed by atoms with Crippen molar-refractivity contribution in [3.05, 3.63) is 148 Å². The number of allylic oxidation sites excluding steroid dienone is 7. The van der Waals surface area contributed by atoms with E-state index in [-0.39, 0.29) is 23.2 Å². The van der Waals surface area contributed by atoms with Gasteiger partial charge >= 0.3 is 0 Å². The number of fused-ring (bicyclic) bond motifs is 2. The monoisotopic (exact) mass is 748 g/mol. The predicted octanol–water partition coefficient (Wildman–Crippen LogP) is 8.51. The van der Waals surface area contributed by atoms with Crippen molar-refractivity contribution in [1.82, 2.24) is 10.2 Å². The van der Waals surface area contributed by atoms with Gasteiger partial charge in [0, 0.05) is 52.2 Å². The number of thioether (sulfide) groups is 2. The molecule has 0 radical (unpaired) electrons. The van der Waals surface area contributed by atoms with Crippen LogP contribution in [0.2, 0.25) is 0 Å². The molecule has 0 amide bonds. The number of hydrogen-bond acceptors (Lipinski definition) is 6. The summed E-state index contributed by atoms with van der Waals surface area (Å²) in [5, 5.41) is 9.30. The highest BCUT2D eigenvalue weighted by atomic mass is 35.5. The molecule has 7 rings (SSSR count). The largest absolute Gasteiger partial charge is 1.00 e. The maximum Gasteiger partial charge on any atom is 0.209 e. The summed E-state index contributed by atoms with van der Waals surface area (Å²) < 4.78 is 4.34. The Balaban J connectivity index is 0.00000448. The standard InChI is InChI=1S/C43H45N4S3.ClH/c1-8-29-20-22-30(23-21-29)28-48-40-44-45-41(50-40)49-39-31(24-26-37-42(2,3)33-16-9-11-18-35(33)46(37)6)14-13-15-32(39)25-27-38-43(4,5)34-17-10-12-19-36(34)47(38)7;/h8-12,16-27H,1,13-15,28H2,2-7H3;1H/q+1;/p-1. The summed E-state index contributed by atoms with van der Waals surface area (Å²) in [6.07, 6.45) is 14.6. The lowest BCUT2D eigenvalue weighted by Crippen LogP contribution is -3.00. The van der Waals surface area contributed by atoms with Crippen LogP contribution in [0.4, 0.5) is 11.4 Å². The molecule has 3 aliphatic rings. The molecule has 3 aromatic carbocycles. The van der Waals surface area contributed by atoms with Crippen LogP contribution in [0, 0.1) is 0 Å². The van der Waals surface area contributed by atoms with E-state index in [2.05, 4.69) is 160 Å². The number of likely N-dealkylation sites (N-methyl/N-ethyl adjacent to an activating group) is 1. The SMILES string of the molecule is C=Cc1ccc(CSc2nnc(SC3=C(C=CC4=[N+](C)c5ccccc5C4(C)C)CCCC3=CC=C3N(C)c4ccccc4C3(C)C)s2)cc1.[Cl-]. The Bertz CT molecular complexity index is 2110. The molecular formula is C43H45ClN4S3. The zero-order chi connectivity index (χ0) is 35.0. The summed E-state index contributed by atoms with van der Waals surface area (Å²) in [5.74, 6) is 0.863. The summed E-state index contributed by atoms with van der Waals surface area (Å²) in [5.41, 5.74) is 13.0. The number of anilines is 1. The molecule has 1 aliphatic carbocycles. The third-order valence-electron chi connectivity index (χ3n) is 10.4. The fourth-order valence-corrected chi connectivity index (χ4v) is 10.8. The van der Waals surface area contributed by atoms with Crippen LogP contribution in [-0.2, 0) is 16.6 Å². The maximum absolute atomic E-state index is 4.69. The van der Waals surface area contributed by atoms with Crippen molar-refractivity contribution in [2.75, 3.05) is 19.0 Å². The van der Waals surface area contributed by atoms with Gasteiger partial charge in [-0.05, 0) is 73.1 Å². The molecule has 8 heteroatoms. The second-order valence-electron chi connectivity index (χ2n) is 14.2. The van der Waals surface area contributed by atoms with E-state index in [4.69, 9.17) is 5.10 Å². The molecule has 2 aliphatic heterocycles. The van der Waals surface area contributed by atoms with E-state index < -0.39 is 0 Å². The van der Waals surface area contributed by atoms with E-state index in [0.29, 0.717) is 0 Å². The number of aromatic nitrogens is 2. The first-order valence-electron chi connectivity index (χ1n) is 17.3. The number of hydrogen-bond donors (Lipinski definition) is 0. The van der Waals surface area contributed by atoms with Gasteiger partial charge in [-0.25, -0.2) is 0 Å². The smallest absolute Gasteiger partial charge is 0.209 e. The Labute approximate surface area is 322 Å². The molecule has 1 aromatic heterocycles. The van der Waals surface area contributed by atoms with Crippen LogP contribution >= 0.6 is 34.9 Å². The Kier molecular flexibility index (Phi) is 11.0. The highest BCUT2D eigenvalue weighted by Gasteiger charge is 2.42. The first-order chi connectivity index (χ1) is 24.1. The molecule has 0 N–H and O–H groups in total. The average molecular weight is 750 g/mol. The molecule has 0 fully saturated rings. The maximum atomic E-state index is 4.69. The van der Waals surface area contributed by atoms with Crippen LogP contribution in [0.25, 0.3) is 6.08 Å². The van der Waals surface area contributed by atoms with E-state index >= 15 is 0 Å². The van der Waals surface area contributed by atoms with Gasteiger partial charge < -0.3 is 17.3 Å². The van der Waals surface area contributed by atoms with Crippen molar-refractivity contribution in [1.29, 1.82) is 0 Å². The molecule has 262 valence electrons. The Hall–Kier alpha value is -3.62. The Morgan fingerprint density at radius 1 is 0.863 bits per heavy atom. The number of nitrogens with zero attached hydrogens (tertiary/aromatic N) is 4. The molecule has 51 heavy (non-hydrogen) atoms. The highest BCUT2D eigenvalue weighted by molar-refractivity contribution is 8.05. The summed E-state index contributed by atoms with van der Waals surface area (Å²) in [6, 6.07) is 26.1. The molecule has 0 saturated heterocycles. The minimum absolute atomic E-state index is 0. The molecule has 0 saturated carbocycles. The van der Waals surface area contributed by atoms with Crippen LogP contribution in [0.3, 0.4) is 0 Å². The zero-order valence-corrected chi connectivity index (χ0v) is 33.4. The number of para-hydroxylation sites is 2. The summed E-state index contributed by atoms with van der Waals surface area (Å²) in [6.45, 7) is 13.2. The van der Waals surface area contributed by atoms with Crippen LogP contribution in [0.5, 0.6) is 0 Å². The molecule has 0 spiro atoms. The van der Waals surface area contributed by atoms with Gasteiger partial charge in [0.15, 0.2) is 14.4 Å². The normalized spacial score (nSPS) is 19.2. The van der Waals surface area contributed by atoms with Crippen LogP contribution in [-0.4, -0.2) is 34.6 Å². The third kappa shape index (κ3) is 7.23. The molecule has 4 aromatic rings. The minimum Gasteiger partial charge on any atom is -1.00 e. The lowest BCUT2D eigenvalue weighted by Gasteiger charge is -2.25. The van der Waals surface area contributed by atoms with Crippen LogP contribution in [0.1, 0.15) is 69.2 Å². The van der Waals surface area contributed by atoms with Gasteiger partial charge in [0.05, 0.1) is 5.41 Å². The average Bonchev–Trinajstić information content (AvgIpc) is 3.71. The van der Waals surface area contributed by atoms with Gasteiger partial charge in [0.2, 0.25) is 5.69 Å². The van der Waals surface area contributed by atoms with E-state index in [1.165, 1.54) is 55.5 Å². The molecule has 4 nitrogen and oxygen atoms in total. The third-order valence-corrected chi connectivity index (χ3v) is 13.8. The first-order valence-corrected chi connectivity index (χ1v) is 19.9. The van der Waals surface area contributed by atoms with E-state index in [9.17, 15) is 0 Å². The second-order valence-corrected chi connectivity index (χ2v) is 17.7. The van der Waals surface area contributed by atoms with Gasteiger partial charge in [-0.1, -0.05) is 134 Å². The Morgan fingerprint density at radius 2 is 1.57 bits per heavy atom. The fourth-order valence-electron chi connectivity index (χ4n) is 7.59. The summed E-state index contributed by atoms with van der Waals surface area (Å²) in [4.78, 5) is 3.67. The quantitative estimate of drug-likeness (QED) is 0.127. The summed E-state index contributed by atoms with van der Waals surface area (Å²) in [7, 11) is 4.39. The van der Waals surface area contributed by atoms with Crippen LogP contribution < -0.4 is 17.3 Å². The molecule has 3 heterocycles. The van der Waals surface area contributed by atoms with Gasteiger partial charge in [-0.3, -0.25) is 0 Å². The molecule has 0 atom stereocenters. The number of benzene rings is 3. The number of rotatable bonds is 9. The van der Waals surface area contributed by atoms with E-state index in [1.807, 2.05) is 6.08 Å². The van der Waals surface area contributed by atoms with Crippen molar-refractivity contribution in [2.45, 2.75) is 72.2 Å². The predicted molar refractivity (Wildman–Crippen MR) is 216 cm³/mol. The second kappa shape index (κ2) is 15.2. The van der Waals surface area contributed by atoms with Crippen LogP contribution in [0.15, 0.2) is 134 Å². The fraction of sp³-hybridized carbons (Fsp3) is 0.279. The molecule has 0 bridgehead atoms. The van der Waals surface area contributed by atoms with E-state index in [1.54, 1.807) is 34.9 Å².